The average Bonchev–Trinajstić information content (AvgIpc) is 2.88. The molecule has 0 saturated carbocycles. The average molecular weight is 273 g/mol. The highest BCUT2D eigenvalue weighted by atomic mass is 16.5. The Balaban J connectivity index is 1.81. The van der Waals surface area contributed by atoms with Crippen LogP contribution in [-0.4, -0.2) is 16.4 Å². The van der Waals surface area contributed by atoms with Crippen molar-refractivity contribution < 1.29 is 4.74 Å². The number of anilines is 1. The molecule has 0 amide bonds. The van der Waals surface area contributed by atoms with Crippen molar-refractivity contribution >= 4 is 5.69 Å². The van der Waals surface area contributed by atoms with Crippen molar-refractivity contribution in [2.24, 2.45) is 0 Å². The first-order valence-corrected chi connectivity index (χ1v) is 7.26. The number of rotatable bonds is 7. The molecule has 2 aromatic rings. The van der Waals surface area contributed by atoms with Crippen LogP contribution < -0.4 is 10.5 Å². The summed E-state index contributed by atoms with van der Waals surface area (Å²) in [6.07, 6.45) is 2.95. The molecule has 0 aliphatic rings. The Labute approximate surface area is 120 Å². The zero-order chi connectivity index (χ0) is 14.4. The second kappa shape index (κ2) is 6.98. The summed E-state index contributed by atoms with van der Waals surface area (Å²) in [5, 5.41) is 4.60. The fourth-order valence-corrected chi connectivity index (χ4v) is 2.13. The summed E-state index contributed by atoms with van der Waals surface area (Å²) in [6, 6.07) is 9.70. The first-order chi connectivity index (χ1) is 9.72. The van der Waals surface area contributed by atoms with Crippen LogP contribution >= 0.6 is 0 Å². The Morgan fingerprint density at radius 1 is 1.15 bits per heavy atom. The molecular weight excluding hydrogens is 250 g/mol. The van der Waals surface area contributed by atoms with E-state index in [1.165, 1.54) is 11.4 Å². The molecule has 0 atom stereocenters. The van der Waals surface area contributed by atoms with Gasteiger partial charge in [0.2, 0.25) is 0 Å². The molecule has 0 aliphatic carbocycles. The lowest BCUT2D eigenvalue weighted by atomic mass is 10.2. The van der Waals surface area contributed by atoms with E-state index in [4.69, 9.17) is 10.5 Å². The Kier molecular flexibility index (Phi) is 5.04. The van der Waals surface area contributed by atoms with Crippen LogP contribution in [0.5, 0.6) is 5.75 Å². The summed E-state index contributed by atoms with van der Waals surface area (Å²) in [5.74, 6) is 0.865. The third-order valence-corrected chi connectivity index (χ3v) is 3.30. The highest BCUT2D eigenvalue weighted by Gasteiger charge is 2.04. The van der Waals surface area contributed by atoms with Gasteiger partial charge in [0.1, 0.15) is 5.75 Å². The zero-order valence-electron chi connectivity index (χ0n) is 12.3. The monoisotopic (exact) mass is 273 g/mol. The molecule has 0 saturated heterocycles. The number of hydrogen-bond acceptors (Lipinski definition) is 3. The normalized spacial score (nSPS) is 10.7. The van der Waals surface area contributed by atoms with E-state index in [-0.39, 0.29) is 0 Å². The van der Waals surface area contributed by atoms with Gasteiger partial charge in [-0.2, -0.15) is 5.10 Å². The fraction of sp³-hybridized carbons (Fsp3) is 0.438. The highest BCUT2D eigenvalue weighted by molar-refractivity contribution is 5.41. The van der Waals surface area contributed by atoms with Crippen LogP contribution in [0.1, 0.15) is 31.7 Å². The van der Waals surface area contributed by atoms with E-state index < -0.39 is 0 Å². The number of aryl methyl sites for hydroxylation is 3. The van der Waals surface area contributed by atoms with Crippen molar-refractivity contribution in [1.82, 2.24) is 9.78 Å². The van der Waals surface area contributed by atoms with Crippen LogP contribution in [0.2, 0.25) is 0 Å². The SMILES string of the molecule is CCc1cc(CC)n(CCCOc2ccc(N)cc2)n1. The molecule has 2 N–H and O–H groups in total. The van der Waals surface area contributed by atoms with Gasteiger partial charge in [-0.15, -0.1) is 0 Å². The topological polar surface area (TPSA) is 53.1 Å². The number of nitrogens with zero attached hydrogens (tertiary/aromatic N) is 2. The highest BCUT2D eigenvalue weighted by Crippen LogP contribution is 2.13. The van der Waals surface area contributed by atoms with Crippen molar-refractivity contribution in [3.8, 4) is 5.75 Å². The Bertz CT molecular complexity index is 531. The molecule has 1 aromatic carbocycles. The molecule has 0 bridgehead atoms. The molecule has 0 radical (unpaired) electrons. The second-order valence-electron chi connectivity index (χ2n) is 4.83. The van der Waals surface area contributed by atoms with Gasteiger partial charge < -0.3 is 10.5 Å². The van der Waals surface area contributed by atoms with Crippen LogP contribution in [0.4, 0.5) is 5.69 Å². The van der Waals surface area contributed by atoms with E-state index in [0.717, 1.165) is 37.2 Å². The molecule has 1 aromatic heterocycles. The Morgan fingerprint density at radius 2 is 1.90 bits per heavy atom. The van der Waals surface area contributed by atoms with Crippen molar-refractivity contribution in [1.29, 1.82) is 0 Å². The summed E-state index contributed by atoms with van der Waals surface area (Å²) < 4.78 is 7.80. The zero-order valence-corrected chi connectivity index (χ0v) is 12.3. The molecule has 20 heavy (non-hydrogen) atoms. The number of hydrogen-bond donors (Lipinski definition) is 1. The van der Waals surface area contributed by atoms with Gasteiger partial charge in [-0.1, -0.05) is 13.8 Å². The number of nitrogen functional groups attached to an aromatic ring is 1. The first-order valence-electron chi connectivity index (χ1n) is 7.26. The molecular formula is C16H23N3O. The summed E-state index contributed by atoms with van der Waals surface area (Å²) in [6.45, 7) is 5.89. The van der Waals surface area contributed by atoms with E-state index in [1.54, 1.807) is 0 Å². The summed E-state index contributed by atoms with van der Waals surface area (Å²) in [4.78, 5) is 0. The lowest BCUT2D eigenvalue weighted by Crippen LogP contribution is -2.08. The van der Waals surface area contributed by atoms with Gasteiger partial charge in [-0.3, -0.25) is 4.68 Å². The minimum absolute atomic E-state index is 0.689. The first kappa shape index (κ1) is 14.4. The predicted molar refractivity (Wildman–Crippen MR) is 81.9 cm³/mol. The molecule has 4 heteroatoms. The number of ether oxygens (including phenoxy) is 1. The van der Waals surface area contributed by atoms with Gasteiger partial charge in [-0.25, -0.2) is 0 Å². The van der Waals surface area contributed by atoms with E-state index in [2.05, 4.69) is 29.7 Å². The molecule has 0 aliphatic heterocycles. The van der Waals surface area contributed by atoms with Gasteiger partial charge in [0.05, 0.1) is 12.3 Å². The molecule has 0 unspecified atom stereocenters. The van der Waals surface area contributed by atoms with Crippen LogP contribution in [0.25, 0.3) is 0 Å². The van der Waals surface area contributed by atoms with Gasteiger partial charge in [0, 0.05) is 24.3 Å². The Hall–Kier alpha value is -1.97. The van der Waals surface area contributed by atoms with E-state index in [0.29, 0.717) is 6.61 Å². The quantitative estimate of drug-likeness (QED) is 0.623. The fourth-order valence-electron chi connectivity index (χ4n) is 2.13. The van der Waals surface area contributed by atoms with E-state index in [1.807, 2.05) is 24.3 Å². The molecule has 1 heterocycles. The van der Waals surface area contributed by atoms with Crippen LogP contribution in [0.15, 0.2) is 30.3 Å². The van der Waals surface area contributed by atoms with Crippen molar-refractivity contribution in [2.75, 3.05) is 12.3 Å². The minimum Gasteiger partial charge on any atom is -0.494 e. The van der Waals surface area contributed by atoms with Crippen LogP contribution in [0.3, 0.4) is 0 Å². The Morgan fingerprint density at radius 3 is 2.55 bits per heavy atom. The van der Waals surface area contributed by atoms with Crippen molar-refractivity contribution in [3.63, 3.8) is 0 Å². The maximum Gasteiger partial charge on any atom is 0.119 e. The van der Waals surface area contributed by atoms with Gasteiger partial charge in [0.25, 0.3) is 0 Å². The smallest absolute Gasteiger partial charge is 0.119 e. The lowest BCUT2D eigenvalue weighted by Gasteiger charge is -2.08. The standard InChI is InChI=1S/C16H23N3O/c1-3-14-12-15(4-2)19(18-14)10-5-11-20-16-8-6-13(17)7-9-16/h6-9,12H,3-5,10-11,17H2,1-2H3. The third-order valence-electron chi connectivity index (χ3n) is 3.30. The predicted octanol–water partition coefficient (Wildman–Crippen LogP) is 3.06. The molecule has 0 spiro atoms. The summed E-state index contributed by atoms with van der Waals surface area (Å²) in [7, 11) is 0. The molecule has 108 valence electrons. The minimum atomic E-state index is 0.689. The largest absolute Gasteiger partial charge is 0.494 e. The molecule has 0 fully saturated rings. The second-order valence-corrected chi connectivity index (χ2v) is 4.83. The van der Waals surface area contributed by atoms with Crippen LogP contribution in [-0.2, 0) is 19.4 Å². The lowest BCUT2D eigenvalue weighted by molar-refractivity contribution is 0.297. The van der Waals surface area contributed by atoms with E-state index in [9.17, 15) is 0 Å². The summed E-state index contributed by atoms with van der Waals surface area (Å²) in [5.41, 5.74) is 8.86. The maximum absolute atomic E-state index is 5.69. The van der Waals surface area contributed by atoms with E-state index >= 15 is 0 Å². The van der Waals surface area contributed by atoms with Gasteiger partial charge in [-0.05, 0) is 43.2 Å². The third kappa shape index (κ3) is 3.76. The maximum atomic E-state index is 5.69. The van der Waals surface area contributed by atoms with Gasteiger partial charge in [0.15, 0.2) is 0 Å². The summed E-state index contributed by atoms with van der Waals surface area (Å²) >= 11 is 0. The number of aromatic nitrogens is 2. The molecule has 2 rings (SSSR count). The van der Waals surface area contributed by atoms with Crippen molar-refractivity contribution in [3.05, 3.63) is 41.7 Å². The molecule has 4 nitrogen and oxygen atoms in total. The van der Waals surface area contributed by atoms with Gasteiger partial charge >= 0.3 is 0 Å². The number of nitrogens with two attached hydrogens (primary N) is 1. The van der Waals surface area contributed by atoms with Crippen LogP contribution in [0, 0.1) is 0 Å². The van der Waals surface area contributed by atoms with Crippen molar-refractivity contribution in [2.45, 2.75) is 39.7 Å². The number of benzene rings is 1.